The summed E-state index contributed by atoms with van der Waals surface area (Å²) in [5.41, 5.74) is 2.30. The molecule has 0 saturated carbocycles. The number of rotatable bonds is 4. The number of benzene rings is 2. The first kappa shape index (κ1) is 17.4. The highest BCUT2D eigenvalue weighted by molar-refractivity contribution is 6.01. The van der Waals surface area contributed by atoms with Crippen molar-refractivity contribution in [1.29, 1.82) is 0 Å². The highest BCUT2D eigenvalue weighted by Gasteiger charge is 2.20. The van der Waals surface area contributed by atoms with E-state index in [1.54, 1.807) is 30.3 Å². The lowest BCUT2D eigenvalue weighted by atomic mass is 10.0. The van der Waals surface area contributed by atoms with Crippen LogP contribution < -0.4 is 0 Å². The van der Waals surface area contributed by atoms with Crippen molar-refractivity contribution >= 4 is 18.1 Å². The van der Waals surface area contributed by atoms with Crippen molar-refractivity contribution in [3.8, 4) is 0 Å². The Morgan fingerprint density at radius 2 is 1.58 bits per heavy atom. The van der Waals surface area contributed by atoms with E-state index >= 15 is 0 Å². The molecule has 0 radical (unpaired) electrons. The second kappa shape index (κ2) is 8.06. The van der Waals surface area contributed by atoms with Gasteiger partial charge in [-0.2, -0.15) is 0 Å². The highest BCUT2D eigenvalue weighted by atomic mass is 16.8. The molecule has 0 aliphatic heterocycles. The van der Waals surface area contributed by atoms with Crippen molar-refractivity contribution in [2.45, 2.75) is 26.7 Å². The molecule has 0 aliphatic carbocycles. The average molecular weight is 326 g/mol. The first-order valence-corrected chi connectivity index (χ1v) is 7.64. The first-order chi connectivity index (χ1) is 11.5. The smallest absolute Gasteiger partial charge is 0.356 e. The van der Waals surface area contributed by atoms with Gasteiger partial charge >= 0.3 is 18.1 Å². The van der Waals surface area contributed by atoms with Gasteiger partial charge in [-0.15, -0.1) is 0 Å². The molecule has 0 fully saturated rings. The van der Waals surface area contributed by atoms with E-state index in [-0.39, 0.29) is 5.56 Å². The molecule has 2 aromatic rings. The quantitative estimate of drug-likeness (QED) is 0.625. The summed E-state index contributed by atoms with van der Waals surface area (Å²) in [6, 6.07) is 13.2. The van der Waals surface area contributed by atoms with E-state index < -0.39 is 18.1 Å². The van der Waals surface area contributed by atoms with E-state index in [9.17, 15) is 14.4 Å². The Labute approximate surface area is 140 Å². The minimum atomic E-state index is -1.34. The Hall–Kier alpha value is -2.95. The first-order valence-electron chi connectivity index (χ1n) is 7.64. The lowest BCUT2D eigenvalue weighted by Gasteiger charge is -2.09. The summed E-state index contributed by atoms with van der Waals surface area (Å²) in [5.74, 6) is -1.70. The molecule has 0 bridgehead atoms. The van der Waals surface area contributed by atoms with Gasteiger partial charge in [0.05, 0.1) is 11.1 Å². The van der Waals surface area contributed by atoms with Gasteiger partial charge < -0.3 is 9.47 Å². The van der Waals surface area contributed by atoms with Crippen LogP contribution in [0.3, 0.4) is 0 Å². The van der Waals surface area contributed by atoms with Gasteiger partial charge in [0.15, 0.2) is 0 Å². The van der Waals surface area contributed by atoms with Crippen LogP contribution in [0.4, 0.5) is 4.79 Å². The second-order valence-electron chi connectivity index (χ2n) is 5.31. The van der Waals surface area contributed by atoms with Crippen LogP contribution in [0.1, 0.15) is 45.2 Å². The summed E-state index contributed by atoms with van der Waals surface area (Å²) in [4.78, 5) is 35.6. The van der Waals surface area contributed by atoms with E-state index in [0.29, 0.717) is 12.0 Å². The number of ether oxygens (including phenoxy) is 2. The molecular formula is C19H18O5. The molecule has 5 heteroatoms. The summed E-state index contributed by atoms with van der Waals surface area (Å²) in [7, 11) is 0. The van der Waals surface area contributed by atoms with Gasteiger partial charge in [-0.05, 0) is 37.1 Å². The fourth-order valence-corrected chi connectivity index (χ4v) is 2.26. The maximum absolute atomic E-state index is 12.1. The third kappa shape index (κ3) is 4.52. The molecule has 0 unspecified atom stereocenters. The SMILES string of the molecule is CCCc1cc(C)ccc1C(=O)OC(=O)OC(=O)c1ccccc1. The van der Waals surface area contributed by atoms with E-state index in [1.807, 2.05) is 19.9 Å². The zero-order valence-corrected chi connectivity index (χ0v) is 13.6. The number of esters is 2. The number of aryl methyl sites for hydroxylation is 2. The van der Waals surface area contributed by atoms with Gasteiger partial charge in [0.2, 0.25) is 0 Å². The van der Waals surface area contributed by atoms with E-state index in [1.165, 1.54) is 12.1 Å². The van der Waals surface area contributed by atoms with Crippen molar-refractivity contribution in [3.05, 3.63) is 70.8 Å². The molecule has 0 saturated heterocycles. The van der Waals surface area contributed by atoms with E-state index in [0.717, 1.165) is 17.5 Å². The van der Waals surface area contributed by atoms with Gasteiger partial charge in [-0.3, -0.25) is 0 Å². The minimum absolute atomic E-state index is 0.198. The van der Waals surface area contributed by atoms with Gasteiger partial charge in [-0.25, -0.2) is 14.4 Å². The molecule has 0 aliphatic rings. The Balaban J connectivity index is 2.04. The number of hydrogen-bond donors (Lipinski definition) is 0. The Bertz CT molecular complexity index is 750. The molecule has 24 heavy (non-hydrogen) atoms. The Morgan fingerprint density at radius 3 is 2.25 bits per heavy atom. The number of hydrogen-bond acceptors (Lipinski definition) is 5. The lowest BCUT2D eigenvalue weighted by Crippen LogP contribution is -2.19. The minimum Gasteiger partial charge on any atom is -0.356 e. The molecule has 0 aromatic heterocycles. The molecule has 0 spiro atoms. The maximum atomic E-state index is 12.1. The molecular weight excluding hydrogens is 308 g/mol. The topological polar surface area (TPSA) is 69.7 Å². The standard InChI is InChI=1S/C19H18O5/c1-3-7-15-12-13(2)10-11-16(15)18(21)24-19(22)23-17(20)14-8-5-4-6-9-14/h4-6,8-12H,3,7H2,1-2H3. The molecule has 0 atom stereocenters. The fraction of sp³-hybridized carbons (Fsp3) is 0.211. The van der Waals surface area contributed by atoms with Gasteiger partial charge in [0, 0.05) is 0 Å². The van der Waals surface area contributed by atoms with Gasteiger partial charge in [0.25, 0.3) is 0 Å². The van der Waals surface area contributed by atoms with Crippen LogP contribution >= 0.6 is 0 Å². The number of carbonyl (C=O) groups excluding carboxylic acids is 3. The lowest BCUT2D eigenvalue weighted by molar-refractivity contribution is 0.0337. The zero-order valence-electron chi connectivity index (χ0n) is 13.6. The fourth-order valence-electron chi connectivity index (χ4n) is 2.26. The monoisotopic (exact) mass is 326 g/mol. The van der Waals surface area contributed by atoms with Crippen LogP contribution in [0, 0.1) is 6.92 Å². The average Bonchev–Trinajstić information content (AvgIpc) is 2.55. The summed E-state index contributed by atoms with van der Waals surface area (Å²) < 4.78 is 9.17. The van der Waals surface area contributed by atoms with Crippen LogP contribution in [0.5, 0.6) is 0 Å². The molecule has 124 valence electrons. The normalized spacial score (nSPS) is 10.1. The van der Waals surface area contributed by atoms with Gasteiger partial charge in [-0.1, -0.05) is 49.2 Å². The number of carbonyl (C=O) groups is 3. The van der Waals surface area contributed by atoms with Crippen molar-refractivity contribution in [2.24, 2.45) is 0 Å². The Morgan fingerprint density at radius 1 is 0.917 bits per heavy atom. The molecule has 0 heterocycles. The van der Waals surface area contributed by atoms with E-state index in [2.05, 4.69) is 9.47 Å². The predicted octanol–water partition coefficient (Wildman–Crippen LogP) is 4.08. The van der Waals surface area contributed by atoms with Crippen LogP contribution in [0.15, 0.2) is 48.5 Å². The largest absolute Gasteiger partial charge is 0.524 e. The molecule has 2 rings (SSSR count). The maximum Gasteiger partial charge on any atom is 0.524 e. The van der Waals surface area contributed by atoms with Crippen molar-refractivity contribution in [2.75, 3.05) is 0 Å². The summed E-state index contributed by atoms with van der Waals surface area (Å²) in [6.45, 7) is 3.91. The van der Waals surface area contributed by atoms with Crippen LogP contribution in [0.25, 0.3) is 0 Å². The van der Waals surface area contributed by atoms with Crippen molar-refractivity contribution in [1.82, 2.24) is 0 Å². The van der Waals surface area contributed by atoms with Crippen molar-refractivity contribution < 1.29 is 23.9 Å². The van der Waals surface area contributed by atoms with Crippen LogP contribution in [0.2, 0.25) is 0 Å². The van der Waals surface area contributed by atoms with Crippen LogP contribution in [-0.2, 0) is 15.9 Å². The van der Waals surface area contributed by atoms with E-state index in [4.69, 9.17) is 0 Å². The molecule has 5 nitrogen and oxygen atoms in total. The van der Waals surface area contributed by atoms with Gasteiger partial charge in [0.1, 0.15) is 0 Å². The van der Waals surface area contributed by atoms with Crippen LogP contribution in [-0.4, -0.2) is 18.1 Å². The molecule has 0 N–H and O–H groups in total. The van der Waals surface area contributed by atoms with Crippen molar-refractivity contribution in [3.63, 3.8) is 0 Å². The third-order valence-corrected chi connectivity index (χ3v) is 3.36. The molecule has 0 amide bonds. The summed E-state index contributed by atoms with van der Waals surface area (Å²) in [5, 5.41) is 0. The summed E-state index contributed by atoms with van der Waals surface area (Å²) >= 11 is 0. The zero-order chi connectivity index (χ0) is 17.5. The third-order valence-electron chi connectivity index (χ3n) is 3.36. The Kier molecular flexibility index (Phi) is 5.84. The predicted molar refractivity (Wildman–Crippen MR) is 87.8 cm³/mol. The highest BCUT2D eigenvalue weighted by Crippen LogP contribution is 2.15. The second-order valence-corrected chi connectivity index (χ2v) is 5.31. The molecule has 2 aromatic carbocycles. The summed E-state index contributed by atoms with van der Waals surface area (Å²) in [6.07, 6.45) is 0.196.